The minimum atomic E-state index is -1.43. The number of nitrogens with one attached hydrogen (secondary N) is 1. The molecule has 0 aliphatic heterocycles. The van der Waals surface area contributed by atoms with E-state index in [1.807, 2.05) is 0 Å². The molecule has 0 bridgehead atoms. The van der Waals surface area contributed by atoms with Gasteiger partial charge in [-0.2, -0.15) is 0 Å². The summed E-state index contributed by atoms with van der Waals surface area (Å²) in [6, 6.07) is 2.36. The smallest absolute Gasteiger partial charge is 0.342 e. The SMILES string of the molecule is Cc1cc(=O)[nH]c(Sc2cc(C(=O)O)c([N+](=O)[O-])cn2)n1. The average molecular weight is 308 g/mol. The van der Waals surface area contributed by atoms with Crippen molar-refractivity contribution in [2.24, 2.45) is 0 Å². The van der Waals surface area contributed by atoms with E-state index in [9.17, 15) is 19.7 Å². The molecule has 21 heavy (non-hydrogen) atoms. The van der Waals surface area contributed by atoms with Crippen molar-refractivity contribution in [3.8, 4) is 0 Å². The van der Waals surface area contributed by atoms with Crippen molar-refractivity contribution in [1.29, 1.82) is 0 Å². The quantitative estimate of drug-likeness (QED) is 0.488. The van der Waals surface area contributed by atoms with Crippen LogP contribution < -0.4 is 5.56 Å². The van der Waals surface area contributed by atoms with Crippen LogP contribution in [0, 0.1) is 17.0 Å². The summed E-state index contributed by atoms with van der Waals surface area (Å²) < 4.78 is 0. The second-order valence-corrected chi connectivity index (χ2v) is 4.91. The van der Waals surface area contributed by atoms with Gasteiger partial charge in [-0.25, -0.2) is 14.8 Å². The lowest BCUT2D eigenvalue weighted by atomic mass is 10.2. The van der Waals surface area contributed by atoms with Crippen molar-refractivity contribution in [2.75, 3.05) is 0 Å². The Kier molecular flexibility index (Phi) is 3.98. The van der Waals surface area contributed by atoms with Gasteiger partial charge < -0.3 is 10.1 Å². The van der Waals surface area contributed by atoms with Crippen LogP contribution in [0.5, 0.6) is 0 Å². The summed E-state index contributed by atoms with van der Waals surface area (Å²) in [6.45, 7) is 1.63. The highest BCUT2D eigenvalue weighted by Gasteiger charge is 2.21. The lowest BCUT2D eigenvalue weighted by Gasteiger charge is -2.03. The summed E-state index contributed by atoms with van der Waals surface area (Å²) in [6.07, 6.45) is 0.861. The summed E-state index contributed by atoms with van der Waals surface area (Å²) in [4.78, 5) is 42.5. The van der Waals surface area contributed by atoms with E-state index in [-0.39, 0.29) is 15.7 Å². The number of aromatic nitrogens is 3. The summed E-state index contributed by atoms with van der Waals surface area (Å²) in [7, 11) is 0. The highest BCUT2D eigenvalue weighted by molar-refractivity contribution is 7.99. The van der Waals surface area contributed by atoms with Crippen LogP contribution in [0.2, 0.25) is 0 Å². The average Bonchev–Trinajstić information content (AvgIpc) is 2.36. The molecule has 2 N–H and O–H groups in total. The van der Waals surface area contributed by atoms with Crippen molar-refractivity contribution in [3.05, 3.63) is 50.1 Å². The molecule has 0 aliphatic carbocycles. The lowest BCUT2D eigenvalue weighted by molar-refractivity contribution is -0.385. The third-order valence-electron chi connectivity index (χ3n) is 2.33. The van der Waals surface area contributed by atoms with E-state index in [0.29, 0.717) is 5.69 Å². The van der Waals surface area contributed by atoms with E-state index >= 15 is 0 Å². The fourth-order valence-electron chi connectivity index (χ4n) is 1.50. The number of carboxylic acid groups (broad SMARTS) is 1. The first kappa shape index (κ1) is 14.7. The monoisotopic (exact) mass is 308 g/mol. The number of hydrogen-bond donors (Lipinski definition) is 2. The van der Waals surface area contributed by atoms with Gasteiger partial charge in [0, 0.05) is 11.8 Å². The van der Waals surface area contributed by atoms with Gasteiger partial charge in [0.05, 0.1) is 4.92 Å². The minimum absolute atomic E-state index is 0.173. The molecule has 0 aliphatic rings. The number of hydrogen-bond acceptors (Lipinski definition) is 7. The van der Waals surface area contributed by atoms with E-state index in [4.69, 9.17) is 5.11 Å². The molecular weight excluding hydrogens is 300 g/mol. The second kappa shape index (κ2) is 5.71. The van der Waals surface area contributed by atoms with Crippen molar-refractivity contribution < 1.29 is 14.8 Å². The Balaban J connectivity index is 2.41. The second-order valence-electron chi connectivity index (χ2n) is 3.90. The number of carbonyl (C=O) groups is 1. The molecule has 0 unspecified atom stereocenters. The molecule has 108 valence electrons. The zero-order valence-electron chi connectivity index (χ0n) is 10.6. The van der Waals surface area contributed by atoms with Gasteiger partial charge in [0.25, 0.3) is 5.56 Å². The number of aromatic amines is 1. The fourth-order valence-corrected chi connectivity index (χ4v) is 2.32. The Hall–Kier alpha value is -2.75. The molecule has 2 heterocycles. The predicted molar refractivity (Wildman–Crippen MR) is 71.6 cm³/mol. The third kappa shape index (κ3) is 3.42. The molecule has 2 aromatic rings. The molecule has 0 aromatic carbocycles. The Morgan fingerprint density at radius 3 is 2.76 bits per heavy atom. The molecule has 0 spiro atoms. The molecule has 0 saturated heterocycles. The molecule has 2 rings (SSSR count). The van der Waals surface area contributed by atoms with Crippen molar-refractivity contribution in [1.82, 2.24) is 15.0 Å². The predicted octanol–water partition coefficient (Wildman–Crippen LogP) is 1.23. The van der Waals surface area contributed by atoms with E-state index < -0.39 is 22.1 Å². The summed E-state index contributed by atoms with van der Waals surface area (Å²) >= 11 is 0.904. The maximum Gasteiger partial charge on any atom is 0.342 e. The molecule has 0 saturated carbocycles. The van der Waals surface area contributed by atoms with Crippen LogP contribution >= 0.6 is 11.8 Å². The van der Waals surface area contributed by atoms with Crippen LogP contribution in [-0.2, 0) is 0 Å². The third-order valence-corrected chi connectivity index (χ3v) is 3.15. The van der Waals surface area contributed by atoms with E-state index in [1.165, 1.54) is 6.07 Å². The molecule has 10 heteroatoms. The van der Waals surface area contributed by atoms with E-state index in [0.717, 1.165) is 24.0 Å². The van der Waals surface area contributed by atoms with Crippen molar-refractivity contribution >= 4 is 23.4 Å². The number of rotatable bonds is 4. The van der Waals surface area contributed by atoms with Crippen LogP contribution in [0.3, 0.4) is 0 Å². The topological polar surface area (TPSA) is 139 Å². The fraction of sp³-hybridized carbons (Fsp3) is 0.0909. The maximum absolute atomic E-state index is 11.3. The Morgan fingerprint density at radius 1 is 1.48 bits per heavy atom. The zero-order chi connectivity index (χ0) is 15.6. The first-order chi connectivity index (χ1) is 9.86. The van der Waals surface area contributed by atoms with Gasteiger partial charge in [-0.3, -0.25) is 14.9 Å². The van der Waals surface area contributed by atoms with Crippen LogP contribution in [0.15, 0.2) is 33.3 Å². The largest absolute Gasteiger partial charge is 0.477 e. The molecule has 0 fully saturated rings. The first-order valence-electron chi connectivity index (χ1n) is 5.50. The van der Waals surface area contributed by atoms with Crippen LogP contribution in [0.25, 0.3) is 0 Å². The van der Waals surface area contributed by atoms with Gasteiger partial charge in [-0.05, 0) is 24.8 Å². The number of H-pyrrole nitrogens is 1. The highest BCUT2D eigenvalue weighted by atomic mass is 32.2. The van der Waals surface area contributed by atoms with Gasteiger partial charge in [0.15, 0.2) is 5.16 Å². The number of aromatic carboxylic acids is 1. The van der Waals surface area contributed by atoms with Crippen LogP contribution in [-0.4, -0.2) is 31.0 Å². The van der Waals surface area contributed by atoms with Gasteiger partial charge in [0.1, 0.15) is 16.8 Å². The molecule has 9 nitrogen and oxygen atoms in total. The molecular formula is C11H8N4O5S. The number of nitro groups is 1. The standard InChI is InChI=1S/C11H8N4O5S/c1-5-2-8(16)14-11(13-5)21-9-3-6(10(17)18)7(4-12-9)15(19)20/h2-4H,1H3,(H,17,18)(H,13,14,16). The summed E-state index contributed by atoms with van der Waals surface area (Å²) in [5, 5.41) is 20.1. The van der Waals surface area contributed by atoms with Gasteiger partial charge in [-0.15, -0.1) is 0 Å². The molecule has 2 aromatic heterocycles. The molecule has 0 radical (unpaired) electrons. The Bertz CT molecular complexity index is 788. The Morgan fingerprint density at radius 2 is 2.19 bits per heavy atom. The van der Waals surface area contributed by atoms with Crippen molar-refractivity contribution in [3.63, 3.8) is 0 Å². The maximum atomic E-state index is 11.3. The highest BCUT2D eigenvalue weighted by Crippen LogP contribution is 2.26. The van der Waals surface area contributed by atoms with Crippen LogP contribution in [0.1, 0.15) is 16.1 Å². The van der Waals surface area contributed by atoms with Crippen LogP contribution in [0.4, 0.5) is 5.69 Å². The van der Waals surface area contributed by atoms with E-state index in [1.54, 1.807) is 6.92 Å². The Labute approximate surface area is 121 Å². The summed E-state index contributed by atoms with van der Waals surface area (Å²) in [5.41, 5.74) is -0.947. The molecule has 0 atom stereocenters. The first-order valence-corrected chi connectivity index (χ1v) is 6.32. The number of carboxylic acids is 1. The molecule has 0 amide bonds. The van der Waals surface area contributed by atoms with Crippen molar-refractivity contribution in [2.45, 2.75) is 17.1 Å². The lowest BCUT2D eigenvalue weighted by Crippen LogP contribution is -2.08. The zero-order valence-corrected chi connectivity index (χ0v) is 11.4. The normalized spacial score (nSPS) is 10.3. The number of pyridine rings is 1. The van der Waals surface area contributed by atoms with Gasteiger partial charge >= 0.3 is 11.7 Å². The number of nitrogens with zero attached hydrogens (tertiary/aromatic N) is 3. The van der Waals surface area contributed by atoms with Gasteiger partial charge in [-0.1, -0.05) is 0 Å². The number of aryl methyl sites for hydroxylation is 1. The minimum Gasteiger partial charge on any atom is -0.477 e. The van der Waals surface area contributed by atoms with E-state index in [2.05, 4.69) is 15.0 Å². The summed E-state index contributed by atoms with van der Waals surface area (Å²) in [5.74, 6) is -1.43. The van der Waals surface area contributed by atoms with Gasteiger partial charge in [0.2, 0.25) is 0 Å².